The van der Waals surface area contributed by atoms with E-state index in [9.17, 15) is 4.79 Å². The van der Waals surface area contributed by atoms with Gasteiger partial charge < -0.3 is 21.1 Å². The summed E-state index contributed by atoms with van der Waals surface area (Å²) in [7, 11) is 0. The Bertz CT molecular complexity index is 646. The van der Waals surface area contributed by atoms with Gasteiger partial charge in [-0.25, -0.2) is 10.6 Å². The number of rotatable bonds is 3. The zero-order valence-corrected chi connectivity index (χ0v) is 14.6. The molecule has 1 aromatic carbocycles. The molecular formula is C16H26N6O2. The van der Waals surface area contributed by atoms with Gasteiger partial charge in [0, 0.05) is 18.8 Å². The van der Waals surface area contributed by atoms with Crippen molar-refractivity contribution in [2.75, 3.05) is 23.9 Å². The van der Waals surface area contributed by atoms with Crippen LogP contribution in [0, 0.1) is 12.8 Å². The van der Waals surface area contributed by atoms with E-state index < -0.39 is 5.60 Å². The van der Waals surface area contributed by atoms with Crippen molar-refractivity contribution in [3.05, 3.63) is 23.8 Å². The molecule has 1 aliphatic rings. The van der Waals surface area contributed by atoms with Crippen LogP contribution >= 0.6 is 0 Å². The average Bonchev–Trinajstić information content (AvgIpc) is 2.37. The van der Waals surface area contributed by atoms with E-state index in [2.05, 4.69) is 5.10 Å². The standard InChI is InChI=1S/C16H26N6O2/c1-10-5-6-12(7-13(10)17)22(19)20-14(18)11-8-21(9-11)15(23)24-16(2,3)4/h5-7,11H,8-9,17,19H2,1-4H3,(H2,18,20). The van der Waals surface area contributed by atoms with E-state index in [1.165, 1.54) is 5.12 Å². The van der Waals surface area contributed by atoms with Crippen LogP contribution in [0.5, 0.6) is 0 Å². The Hall–Kier alpha value is -2.48. The van der Waals surface area contributed by atoms with E-state index in [1.54, 1.807) is 11.0 Å². The van der Waals surface area contributed by atoms with Crippen LogP contribution in [0.4, 0.5) is 16.2 Å². The number of amides is 1. The highest BCUT2D eigenvalue weighted by Gasteiger charge is 2.36. The van der Waals surface area contributed by atoms with Crippen molar-refractivity contribution in [1.29, 1.82) is 0 Å². The molecule has 6 N–H and O–H groups in total. The molecule has 24 heavy (non-hydrogen) atoms. The number of benzene rings is 1. The number of nitrogens with two attached hydrogens (primary N) is 3. The van der Waals surface area contributed by atoms with Crippen LogP contribution < -0.4 is 22.4 Å². The Morgan fingerprint density at radius 1 is 1.38 bits per heavy atom. The second-order valence-corrected chi connectivity index (χ2v) is 6.99. The maximum atomic E-state index is 11.9. The molecule has 1 aliphatic heterocycles. The molecule has 8 heteroatoms. The molecule has 0 saturated carbocycles. The zero-order valence-electron chi connectivity index (χ0n) is 14.6. The number of aryl methyl sites for hydroxylation is 1. The number of hydrogen-bond acceptors (Lipinski definition) is 6. The first-order valence-electron chi connectivity index (χ1n) is 7.79. The van der Waals surface area contributed by atoms with Gasteiger partial charge in [0.05, 0.1) is 11.6 Å². The van der Waals surface area contributed by atoms with Gasteiger partial charge in [0.25, 0.3) is 0 Å². The second kappa shape index (κ2) is 6.56. The van der Waals surface area contributed by atoms with Crippen LogP contribution in [0.25, 0.3) is 0 Å². The summed E-state index contributed by atoms with van der Waals surface area (Å²) in [6.07, 6.45) is -0.345. The largest absolute Gasteiger partial charge is 0.444 e. The number of hydrazone groups is 1. The van der Waals surface area contributed by atoms with Gasteiger partial charge in [-0.05, 0) is 45.4 Å². The van der Waals surface area contributed by atoms with Crippen molar-refractivity contribution in [3.63, 3.8) is 0 Å². The topological polar surface area (TPSA) is 123 Å². The Morgan fingerprint density at radius 3 is 2.54 bits per heavy atom. The SMILES string of the molecule is Cc1ccc(N(N)/N=C(\N)C2CN(C(=O)OC(C)(C)C)C2)cc1N. The monoisotopic (exact) mass is 334 g/mol. The smallest absolute Gasteiger partial charge is 0.410 e. The molecule has 0 aromatic heterocycles. The predicted octanol–water partition coefficient (Wildman–Crippen LogP) is 1.40. The molecule has 8 nitrogen and oxygen atoms in total. The maximum Gasteiger partial charge on any atom is 0.410 e. The van der Waals surface area contributed by atoms with Gasteiger partial charge in [-0.15, -0.1) is 5.10 Å². The van der Waals surface area contributed by atoms with E-state index in [1.807, 2.05) is 39.8 Å². The molecular weight excluding hydrogens is 308 g/mol. The minimum Gasteiger partial charge on any atom is -0.444 e. The third-order valence-corrected chi connectivity index (χ3v) is 3.70. The number of anilines is 2. The number of amidine groups is 1. The van der Waals surface area contributed by atoms with Crippen LogP contribution in [0.1, 0.15) is 26.3 Å². The van der Waals surface area contributed by atoms with Gasteiger partial charge >= 0.3 is 6.09 Å². The highest BCUT2D eigenvalue weighted by molar-refractivity contribution is 5.86. The summed E-state index contributed by atoms with van der Waals surface area (Å²) in [6, 6.07) is 5.42. The molecule has 0 atom stereocenters. The Morgan fingerprint density at radius 2 is 2.00 bits per heavy atom. The molecule has 0 spiro atoms. The minimum atomic E-state index is -0.513. The first kappa shape index (κ1) is 17.9. The lowest BCUT2D eigenvalue weighted by Gasteiger charge is -2.39. The average molecular weight is 334 g/mol. The van der Waals surface area contributed by atoms with Gasteiger partial charge in [0.15, 0.2) is 0 Å². The second-order valence-electron chi connectivity index (χ2n) is 6.99. The molecule has 1 aromatic rings. The lowest BCUT2D eigenvalue weighted by Crippen LogP contribution is -2.56. The highest BCUT2D eigenvalue weighted by Crippen LogP contribution is 2.22. The first-order valence-corrected chi connectivity index (χ1v) is 7.79. The lowest BCUT2D eigenvalue weighted by molar-refractivity contribution is 0.00682. The number of ether oxygens (including phenoxy) is 1. The molecule has 1 heterocycles. The van der Waals surface area contributed by atoms with Gasteiger partial charge in [0.2, 0.25) is 0 Å². The van der Waals surface area contributed by atoms with Crippen molar-refractivity contribution in [2.24, 2.45) is 22.6 Å². The first-order chi connectivity index (χ1) is 11.1. The predicted molar refractivity (Wildman–Crippen MR) is 95.2 cm³/mol. The Kier molecular flexibility index (Phi) is 4.88. The van der Waals surface area contributed by atoms with Crippen molar-refractivity contribution < 1.29 is 9.53 Å². The zero-order chi connectivity index (χ0) is 18.1. The molecule has 2 rings (SSSR count). The quantitative estimate of drug-likeness (QED) is 0.252. The van der Waals surface area contributed by atoms with E-state index in [-0.39, 0.29) is 12.0 Å². The summed E-state index contributed by atoms with van der Waals surface area (Å²) in [5.74, 6) is 6.25. The molecule has 1 saturated heterocycles. The Labute approximate surface area is 142 Å². The number of hydrazine groups is 1. The van der Waals surface area contributed by atoms with Gasteiger partial charge in [-0.1, -0.05) is 6.07 Å². The van der Waals surface area contributed by atoms with Crippen LogP contribution in [-0.2, 0) is 4.74 Å². The fraction of sp³-hybridized carbons (Fsp3) is 0.500. The maximum absolute atomic E-state index is 11.9. The molecule has 0 bridgehead atoms. The third kappa shape index (κ3) is 4.29. The summed E-state index contributed by atoms with van der Waals surface area (Å²) in [5.41, 5.74) is 13.6. The summed E-state index contributed by atoms with van der Waals surface area (Å²) in [6.45, 7) is 8.34. The molecule has 132 valence electrons. The fourth-order valence-electron chi connectivity index (χ4n) is 2.18. The van der Waals surface area contributed by atoms with Crippen LogP contribution in [0.2, 0.25) is 0 Å². The van der Waals surface area contributed by atoms with Gasteiger partial charge in [-0.2, -0.15) is 5.12 Å². The highest BCUT2D eigenvalue weighted by atomic mass is 16.6. The van der Waals surface area contributed by atoms with E-state index in [0.717, 1.165) is 5.56 Å². The summed E-state index contributed by atoms with van der Waals surface area (Å²) < 4.78 is 5.30. The fourth-order valence-corrected chi connectivity index (χ4v) is 2.18. The third-order valence-electron chi connectivity index (χ3n) is 3.70. The summed E-state index contributed by atoms with van der Waals surface area (Å²) in [5, 5.41) is 5.38. The number of carbonyl (C=O) groups is 1. The number of hydrogen-bond donors (Lipinski definition) is 3. The molecule has 0 unspecified atom stereocenters. The van der Waals surface area contributed by atoms with E-state index in [4.69, 9.17) is 22.0 Å². The molecule has 0 aliphatic carbocycles. The summed E-state index contributed by atoms with van der Waals surface area (Å²) >= 11 is 0. The van der Waals surface area contributed by atoms with Crippen LogP contribution in [0.15, 0.2) is 23.3 Å². The number of nitrogens with zero attached hydrogens (tertiary/aromatic N) is 3. The Balaban J connectivity index is 1.93. The van der Waals surface area contributed by atoms with Gasteiger partial charge in [0.1, 0.15) is 11.4 Å². The molecule has 1 fully saturated rings. The lowest BCUT2D eigenvalue weighted by atomic mass is 10.00. The van der Waals surface area contributed by atoms with Crippen molar-refractivity contribution >= 4 is 23.3 Å². The number of carbonyl (C=O) groups excluding carboxylic acids is 1. The molecule has 1 amide bonds. The summed E-state index contributed by atoms with van der Waals surface area (Å²) in [4.78, 5) is 13.5. The van der Waals surface area contributed by atoms with E-state index in [0.29, 0.717) is 30.3 Å². The van der Waals surface area contributed by atoms with Crippen LogP contribution in [0.3, 0.4) is 0 Å². The molecule has 0 radical (unpaired) electrons. The van der Waals surface area contributed by atoms with Gasteiger partial charge in [-0.3, -0.25) is 0 Å². The normalized spacial score (nSPS) is 15.9. The minimum absolute atomic E-state index is 0.0358. The van der Waals surface area contributed by atoms with Crippen molar-refractivity contribution in [3.8, 4) is 0 Å². The number of likely N-dealkylation sites (tertiary alicyclic amines) is 1. The van der Waals surface area contributed by atoms with E-state index >= 15 is 0 Å². The number of nitrogen functional groups attached to an aromatic ring is 1. The van der Waals surface area contributed by atoms with Crippen molar-refractivity contribution in [2.45, 2.75) is 33.3 Å². The van der Waals surface area contributed by atoms with Crippen LogP contribution in [-0.4, -0.2) is 35.5 Å². The van der Waals surface area contributed by atoms with Crippen molar-refractivity contribution in [1.82, 2.24) is 4.90 Å².